The van der Waals surface area contributed by atoms with Crippen LogP contribution >= 0.6 is 0 Å². The minimum atomic E-state index is 0.260. The Balaban J connectivity index is 1.89. The first-order valence-electron chi connectivity index (χ1n) is 6.70. The van der Waals surface area contributed by atoms with Gasteiger partial charge in [-0.05, 0) is 37.1 Å². The van der Waals surface area contributed by atoms with Crippen molar-refractivity contribution in [2.24, 2.45) is 0 Å². The van der Waals surface area contributed by atoms with E-state index in [4.69, 9.17) is 0 Å². The lowest BCUT2D eigenvalue weighted by molar-refractivity contribution is -0.132. The second kappa shape index (κ2) is 6.50. The predicted octanol–water partition coefficient (Wildman–Crippen LogP) is 1.57. The zero-order chi connectivity index (χ0) is 12.8. The summed E-state index contributed by atoms with van der Waals surface area (Å²) in [6, 6.07) is 4.42. The molecule has 0 saturated heterocycles. The van der Waals surface area contributed by atoms with Gasteiger partial charge in [-0.15, -0.1) is 0 Å². The molecule has 0 spiro atoms. The smallest absolute Gasteiger partial charge is 0.224 e. The number of carbonyl (C=O) groups excluding carboxylic acids is 1. The second-order valence-corrected chi connectivity index (χ2v) is 4.71. The molecule has 1 N–H and O–H groups in total. The van der Waals surface area contributed by atoms with Crippen LogP contribution in [-0.2, 0) is 11.3 Å². The minimum absolute atomic E-state index is 0.260. The molecule has 18 heavy (non-hydrogen) atoms. The largest absolute Gasteiger partial charge is 0.335 e. The highest BCUT2D eigenvalue weighted by molar-refractivity contribution is 5.77. The van der Waals surface area contributed by atoms with Gasteiger partial charge in [-0.2, -0.15) is 0 Å². The summed E-state index contributed by atoms with van der Waals surface area (Å²) in [6.45, 7) is 4.47. The number of aromatic nitrogens is 1. The molecule has 1 aromatic rings. The molecule has 1 amide bonds. The van der Waals surface area contributed by atoms with Gasteiger partial charge >= 0.3 is 0 Å². The van der Waals surface area contributed by atoms with Gasteiger partial charge in [0.2, 0.25) is 5.91 Å². The van der Waals surface area contributed by atoms with E-state index in [1.54, 1.807) is 12.4 Å². The van der Waals surface area contributed by atoms with Crippen molar-refractivity contribution in [3.8, 4) is 0 Å². The monoisotopic (exact) mass is 247 g/mol. The number of hydrogen-bond acceptors (Lipinski definition) is 3. The molecule has 2 rings (SSSR count). The molecular weight excluding hydrogens is 226 g/mol. The van der Waals surface area contributed by atoms with Crippen molar-refractivity contribution in [2.75, 3.05) is 13.1 Å². The molecule has 1 aromatic heterocycles. The van der Waals surface area contributed by atoms with Gasteiger partial charge in [-0.3, -0.25) is 9.78 Å². The third-order valence-electron chi connectivity index (χ3n) is 3.18. The quantitative estimate of drug-likeness (QED) is 0.744. The third-order valence-corrected chi connectivity index (χ3v) is 3.18. The summed E-state index contributed by atoms with van der Waals surface area (Å²) in [7, 11) is 0. The van der Waals surface area contributed by atoms with E-state index in [9.17, 15) is 4.79 Å². The molecule has 98 valence electrons. The van der Waals surface area contributed by atoms with Crippen LogP contribution in [-0.4, -0.2) is 34.9 Å². The van der Waals surface area contributed by atoms with Gasteiger partial charge in [-0.1, -0.05) is 6.92 Å². The number of pyridine rings is 1. The lowest BCUT2D eigenvalue weighted by Crippen LogP contribution is -2.34. The molecule has 1 fully saturated rings. The minimum Gasteiger partial charge on any atom is -0.335 e. The second-order valence-electron chi connectivity index (χ2n) is 4.71. The van der Waals surface area contributed by atoms with Crippen molar-refractivity contribution in [2.45, 2.75) is 38.8 Å². The van der Waals surface area contributed by atoms with Crippen molar-refractivity contribution >= 4 is 5.91 Å². The molecule has 0 radical (unpaired) electrons. The first-order chi connectivity index (χ1) is 8.81. The fourth-order valence-electron chi connectivity index (χ4n) is 2.01. The van der Waals surface area contributed by atoms with Crippen LogP contribution in [0.15, 0.2) is 24.5 Å². The highest BCUT2D eigenvalue weighted by atomic mass is 16.2. The SMILES string of the molecule is CCNCCC(=O)N(Cc1ccncc1)C1CC1. The molecule has 0 unspecified atom stereocenters. The average molecular weight is 247 g/mol. The van der Waals surface area contributed by atoms with E-state index in [0.717, 1.165) is 38.0 Å². The van der Waals surface area contributed by atoms with Crippen molar-refractivity contribution in [1.29, 1.82) is 0 Å². The summed E-state index contributed by atoms with van der Waals surface area (Å²) in [5.74, 6) is 0.260. The van der Waals surface area contributed by atoms with Crippen LogP contribution in [0.25, 0.3) is 0 Å². The van der Waals surface area contributed by atoms with Gasteiger partial charge in [0.05, 0.1) is 0 Å². The zero-order valence-electron chi connectivity index (χ0n) is 10.9. The fraction of sp³-hybridized carbons (Fsp3) is 0.571. The Hall–Kier alpha value is -1.42. The van der Waals surface area contributed by atoms with Gasteiger partial charge in [0.25, 0.3) is 0 Å². The molecule has 0 atom stereocenters. The maximum Gasteiger partial charge on any atom is 0.224 e. The molecule has 1 heterocycles. The number of nitrogens with zero attached hydrogens (tertiary/aromatic N) is 2. The molecule has 1 aliphatic carbocycles. The highest BCUT2D eigenvalue weighted by Gasteiger charge is 2.31. The maximum atomic E-state index is 12.2. The molecular formula is C14H21N3O. The molecule has 1 saturated carbocycles. The van der Waals surface area contributed by atoms with E-state index in [1.807, 2.05) is 17.0 Å². The van der Waals surface area contributed by atoms with E-state index < -0.39 is 0 Å². The van der Waals surface area contributed by atoms with E-state index in [1.165, 1.54) is 0 Å². The Morgan fingerprint density at radius 2 is 2.17 bits per heavy atom. The van der Waals surface area contributed by atoms with Crippen molar-refractivity contribution in [3.63, 3.8) is 0 Å². The van der Waals surface area contributed by atoms with Crippen LogP contribution in [0, 0.1) is 0 Å². The topological polar surface area (TPSA) is 45.2 Å². The maximum absolute atomic E-state index is 12.2. The van der Waals surface area contributed by atoms with Crippen molar-refractivity contribution in [1.82, 2.24) is 15.2 Å². The Kier molecular flexibility index (Phi) is 4.70. The summed E-state index contributed by atoms with van der Waals surface area (Å²) < 4.78 is 0. The van der Waals surface area contributed by atoms with Crippen LogP contribution in [0.5, 0.6) is 0 Å². The summed E-state index contributed by atoms with van der Waals surface area (Å²) >= 11 is 0. The van der Waals surface area contributed by atoms with Gasteiger partial charge in [0.15, 0.2) is 0 Å². The van der Waals surface area contributed by atoms with Gasteiger partial charge in [0, 0.05) is 37.9 Å². The van der Waals surface area contributed by atoms with Gasteiger partial charge in [-0.25, -0.2) is 0 Å². The van der Waals surface area contributed by atoms with Crippen LogP contribution in [0.4, 0.5) is 0 Å². The Morgan fingerprint density at radius 1 is 1.44 bits per heavy atom. The van der Waals surface area contributed by atoms with Crippen LogP contribution < -0.4 is 5.32 Å². The lowest BCUT2D eigenvalue weighted by Gasteiger charge is -2.22. The van der Waals surface area contributed by atoms with E-state index in [0.29, 0.717) is 12.5 Å². The Morgan fingerprint density at radius 3 is 2.78 bits per heavy atom. The molecule has 0 aromatic carbocycles. The molecule has 1 aliphatic rings. The summed E-state index contributed by atoms with van der Waals surface area (Å²) in [6.07, 6.45) is 6.46. The lowest BCUT2D eigenvalue weighted by atomic mass is 10.2. The molecule has 0 aliphatic heterocycles. The van der Waals surface area contributed by atoms with Gasteiger partial charge < -0.3 is 10.2 Å². The zero-order valence-corrected chi connectivity index (χ0v) is 10.9. The van der Waals surface area contributed by atoms with Crippen LogP contribution in [0.1, 0.15) is 31.7 Å². The van der Waals surface area contributed by atoms with E-state index in [2.05, 4.69) is 17.2 Å². The standard InChI is InChI=1S/C14H21N3O/c1-2-15-10-7-14(18)17(13-3-4-13)11-12-5-8-16-9-6-12/h5-6,8-9,13,15H,2-4,7,10-11H2,1H3. The highest BCUT2D eigenvalue weighted by Crippen LogP contribution is 2.28. The van der Waals surface area contributed by atoms with Crippen LogP contribution in [0.3, 0.4) is 0 Å². The number of hydrogen-bond donors (Lipinski definition) is 1. The first kappa shape index (κ1) is 13.0. The first-order valence-corrected chi connectivity index (χ1v) is 6.70. The fourth-order valence-corrected chi connectivity index (χ4v) is 2.01. The Bertz CT molecular complexity index is 376. The summed E-state index contributed by atoms with van der Waals surface area (Å²) in [4.78, 5) is 18.2. The van der Waals surface area contributed by atoms with E-state index >= 15 is 0 Å². The third kappa shape index (κ3) is 3.81. The summed E-state index contributed by atoms with van der Waals surface area (Å²) in [5, 5.41) is 3.20. The molecule has 4 nitrogen and oxygen atoms in total. The average Bonchev–Trinajstić information content (AvgIpc) is 3.21. The number of carbonyl (C=O) groups is 1. The van der Waals surface area contributed by atoms with E-state index in [-0.39, 0.29) is 5.91 Å². The number of nitrogens with one attached hydrogen (secondary N) is 1. The molecule has 0 bridgehead atoms. The molecule has 4 heteroatoms. The number of rotatable bonds is 7. The van der Waals surface area contributed by atoms with Crippen molar-refractivity contribution < 1.29 is 4.79 Å². The van der Waals surface area contributed by atoms with Crippen LogP contribution in [0.2, 0.25) is 0 Å². The number of amides is 1. The summed E-state index contributed by atoms with van der Waals surface area (Å²) in [5.41, 5.74) is 1.16. The normalized spacial score (nSPS) is 14.5. The predicted molar refractivity (Wildman–Crippen MR) is 71.0 cm³/mol. The van der Waals surface area contributed by atoms with Crippen molar-refractivity contribution in [3.05, 3.63) is 30.1 Å². The Labute approximate surface area is 108 Å². The van der Waals surface area contributed by atoms with Gasteiger partial charge in [0.1, 0.15) is 0 Å².